The summed E-state index contributed by atoms with van der Waals surface area (Å²) in [4.78, 5) is 23.2. The number of aromatic nitrogens is 2. The third kappa shape index (κ3) is 3.62. The predicted molar refractivity (Wildman–Crippen MR) is 99.2 cm³/mol. The molecule has 3 heterocycles. The van der Waals surface area contributed by atoms with Gasteiger partial charge in [0.1, 0.15) is 12.1 Å². The van der Waals surface area contributed by atoms with Crippen molar-refractivity contribution in [2.75, 3.05) is 36.5 Å². The highest BCUT2D eigenvalue weighted by Crippen LogP contribution is 2.26. The molecule has 0 radical (unpaired) electrons. The summed E-state index contributed by atoms with van der Waals surface area (Å²) >= 11 is 1.59. The first-order valence-electron chi connectivity index (χ1n) is 8.18. The number of morpholine rings is 1. The Morgan fingerprint density at radius 3 is 2.92 bits per heavy atom. The van der Waals surface area contributed by atoms with Crippen molar-refractivity contribution in [1.82, 2.24) is 9.97 Å². The summed E-state index contributed by atoms with van der Waals surface area (Å²) in [6.45, 7) is 3.07. The van der Waals surface area contributed by atoms with Crippen LogP contribution in [-0.4, -0.2) is 42.2 Å². The van der Waals surface area contributed by atoms with Gasteiger partial charge in [0.25, 0.3) is 0 Å². The van der Waals surface area contributed by atoms with E-state index in [-0.39, 0.29) is 5.91 Å². The molecule has 0 saturated carbocycles. The van der Waals surface area contributed by atoms with Crippen molar-refractivity contribution in [3.05, 3.63) is 46.9 Å². The number of carbonyl (C=O) groups is 1. The first-order valence-corrected chi connectivity index (χ1v) is 9.12. The summed E-state index contributed by atoms with van der Waals surface area (Å²) < 4.78 is 5.41. The van der Waals surface area contributed by atoms with Gasteiger partial charge in [0.2, 0.25) is 5.91 Å². The van der Waals surface area contributed by atoms with E-state index in [0.717, 1.165) is 41.1 Å². The van der Waals surface area contributed by atoms with Gasteiger partial charge in [-0.15, -0.1) is 0 Å². The second kappa shape index (κ2) is 7.16. The average molecular weight is 354 g/mol. The van der Waals surface area contributed by atoms with Gasteiger partial charge < -0.3 is 15.0 Å². The van der Waals surface area contributed by atoms with Gasteiger partial charge in [0, 0.05) is 24.2 Å². The lowest BCUT2D eigenvalue weighted by molar-refractivity contribution is -0.115. The maximum absolute atomic E-state index is 12.2. The third-order valence-electron chi connectivity index (χ3n) is 4.15. The van der Waals surface area contributed by atoms with Gasteiger partial charge >= 0.3 is 0 Å². The lowest BCUT2D eigenvalue weighted by atomic mass is 10.2. The van der Waals surface area contributed by atoms with Crippen molar-refractivity contribution < 1.29 is 9.53 Å². The monoisotopic (exact) mass is 354 g/mol. The molecule has 1 amide bonds. The number of nitrogens with one attached hydrogen (secondary N) is 1. The SMILES string of the molecule is O=C(Cc1ccsc1)Nc1ccc2c(N3CCOCC3)ncnc2c1. The molecule has 0 bridgehead atoms. The lowest BCUT2D eigenvalue weighted by Crippen LogP contribution is -2.36. The zero-order valence-corrected chi connectivity index (χ0v) is 14.5. The Kier molecular flexibility index (Phi) is 4.58. The van der Waals surface area contributed by atoms with E-state index >= 15 is 0 Å². The fourth-order valence-electron chi connectivity index (χ4n) is 2.93. The van der Waals surface area contributed by atoms with E-state index in [1.54, 1.807) is 17.7 Å². The van der Waals surface area contributed by atoms with Crippen LogP contribution in [0.4, 0.5) is 11.5 Å². The standard InChI is InChI=1S/C18H18N4O2S/c23-17(9-13-3-8-25-11-13)21-14-1-2-15-16(10-14)19-12-20-18(15)22-4-6-24-7-5-22/h1-3,8,10-12H,4-7,9H2,(H,21,23). The Morgan fingerprint density at radius 2 is 2.12 bits per heavy atom. The molecule has 4 rings (SSSR count). The van der Waals surface area contributed by atoms with Crippen LogP contribution in [0.5, 0.6) is 0 Å². The number of fused-ring (bicyclic) bond motifs is 1. The van der Waals surface area contributed by atoms with Gasteiger partial charge in [-0.2, -0.15) is 11.3 Å². The minimum absolute atomic E-state index is 0.0276. The Balaban J connectivity index is 1.55. The van der Waals surface area contributed by atoms with Crippen molar-refractivity contribution >= 4 is 39.7 Å². The van der Waals surface area contributed by atoms with Gasteiger partial charge in [0.05, 0.1) is 25.2 Å². The molecule has 1 N–H and O–H groups in total. The highest BCUT2D eigenvalue weighted by molar-refractivity contribution is 7.08. The van der Waals surface area contributed by atoms with E-state index in [4.69, 9.17) is 4.74 Å². The smallest absolute Gasteiger partial charge is 0.228 e. The number of hydrogen-bond acceptors (Lipinski definition) is 6. The summed E-state index contributed by atoms with van der Waals surface area (Å²) in [6.07, 6.45) is 1.95. The highest BCUT2D eigenvalue weighted by Gasteiger charge is 2.16. The van der Waals surface area contributed by atoms with Crippen molar-refractivity contribution in [1.29, 1.82) is 0 Å². The number of thiophene rings is 1. The molecule has 0 aliphatic carbocycles. The molecule has 128 valence electrons. The average Bonchev–Trinajstić information content (AvgIpc) is 3.14. The molecular weight excluding hydrogens is 336 g/mol. The second-order valence-corrected chi connectivity index (χ2v) is 6.67. The molecule has 1 aliphatic heterocycles. The Morgan fingerprint density at radius 1 is 1.24 bits per heavy atom. The van der Waals surface area contributed by atoms with Gasteiger partial charge in [-0.25, -0.2) is 9.97 Å². The molecule has 1 aliphatic rings. The van der Waals surface area contributed by atoms with E-state index in [2.05, 4.69) is 20.2 Å². The summed E-state index contributed by atoms with van der Waals surface area (Å²) in [5, 5.41) is 7.89. The van der Waals surface area contributed by atoms with Crippen LogP contribution < -0.4 is 10.2 Å². The molecule has 0 atom stereocenters. The van der Waals surface area contributed by atoms with Gasteiger partial charge in [-0.05, 0) is 40.6 Å². The Hall–Kier alpha value is -2.51. The second-order valence-electron chi connectivity index (χ2n) is 5.89. The van der Waals surface area contributed by atoms with Gasteiger partial charge in [-0.3, -0.25) is 4.79 Å². The molecule has 0 unspecified atom stereocenters. The van der Waals surface area contributed by atoms with Crippen LogP contribution in [0.15, 0.2) is 41.4 Å². The summed E-state index contributed by atoms with van der Waals surface area (Å²) in [5.74, 6) is 0.893. The van der Waals surface area contributed by atoms with E-state index in [0.29, 0.717) is 19.6 Å². The van der Waals surface area contributed by atoms with E-state index in [1.165, 1.54) is 0 Å². The number of benzene rings is 1. The highest BCUT2D eigenvalue weighted by atomic mass is 32.1. The quantitative estimate of drug-likeness (QED) is 0.780. The molecule has 7 heteroatoms. The molecule has 1 saturated heterocycles. The summed E-state index contributed by atoms with van der Waals surface area (Å²) in [5.41, 5.74) is 2.60. The van der Waals surface area contributed by atoms with Crippen molar-refractivity contribution in [3.63, 3.8) is 0 Å². The maximum atomic E-state index is 12.2. The number of carbonyl (C=O) groups excluding carboxylic acids is 1. The normalized spacial score (nSPS) is 14.6. The van der Waals surface area contributed by atoms with E-state index in [9.17, 15) is 4.79 Å². The largest absolute Gasteiger partial charge is 0.378 e. The fourth-order valence-corrected chi connectivity index (χ4v) is 3.60. The minimum Gasteiger partial charge on any atom is -0.378 e. The molecule has 25 heavy (non-hydrogen) atoms. The number of amides is 1. The Bertz CT molecular complexity index is 876. The molecule has 1 fully saturated rings. The Labute approximate surface area is 149 Å². The number of ether oxygens (including phenoxy) is 1. The van der Waals surface area contributed by atoms with Crippen LogP contribution in [0, 0.1) is 0 Å². The van der Waals surface area contributed by atoms with Crippen molar-refractivity contribution in [3.8, 4) is 0 Å². The maximum Gasteiger partial charge on any atom is 0.228 e. The molecule has 3 aromatic rings. The van der Waals surface area contributed by atoms with Crippen LogP contribution in [0.2, 0.25) is 0 Å². The minimum atomic E-state index is -0.0276. The first kappa shape index (κ1) is 16.0. The third-order valence-corrected chi connectivity index (χ3v) is 4.89. The predicted octanol–water partition coefficient (Wildman–Crippen LogP) is 2.71. The molecule has 0 spiro atoms. The molecule has 2 aromatic heterocycles. The van der Waals surface area contributed by atoms with E-state index < -0.39 is 0 Å². The molecular formula is C18H18N4O2S. The number of nitrogens with zero attached hydrogens (tertiary/aromatic N) is 3. The number of rotatable bonds is 4. The van der Waals surface area contributed by atoms with Crippen LogP contribution in [0.25, 0.3) is 10.9 Å². The fraction of sp³-hybridized carbons (Fsp3) is 0.278. The topological polar surface area (TPSA) is 67.4 Å². The molecule has 6 nitrogen and oxygen atoms in total. The first-order chi connectivity index (χ1) is 12.3. The van der Waals surface area contributed by atoms with Crippen molar-refractivity contribution in [2.24, 2.45) is 0 Å². The van der Waals surface area contributed by atoms with Crippen LogP contribution in [0.1, 0.15) is 5.56 Å². The number of hydrogen-bond donors (Lipinski definition) is 1. The van der Waals surface area contributed by atoms with E-state index in [1.807, 2.05) is 35.0 Å². The van der Waals surface area contributed by atoms with Crippen LogP contribution in [-0.2, 0) is 16.0 Å². The van der Waals surface area contributed by atoms with Gasteiger partial charge in [0.15, 0.2) is 0 Å². The van der Waals surface area contributed by atoms with Crippen LogP contribution in [0.3, 0.4) is 0 Å². The van der Waals surface area contributed by atoms with Gasteiger partial charge in [-0.1, -0.05) is 0 Å². The van der Waals surface area contributed by atoms with Crippen molar-refractivity contribution in [2.45, 2.75) is 6.42 Å². The number of anilines is 2. The zero-order chi connectivity index (χ0) is 17.1. The molecule has 1 aromatic carbocycles. The summed E-state index contributed by atoms with van der Waals surface area (Å²) in [7, 11) is 0. The zero-order valence-electron chi connectivity index (χ0n) is 13.6. The van der Waals surface area contributed by atoms with Crippen LogP contribution >= 0.6 is 11.3 Å². The summed E-state index contributed by atoms with van der Waals surface area (Å²) in [6, 6.07) is 7.74. The lowest BCUT2D eigenvalue weighted by Gasteiger charge is -2.28.